The summed E-state index contributed by atoms with van der Waals surface area (Å²) < 4.78 is 40.5. The quantitative estimate of drug-likeness (QED) is 0.649. The topological polar surface area (TPSA) is 67.7 Å². The maximum Gasteiger partial charge on any atom is 0.417 e. The van der Waals surface area contributed by atoms with Crippen LogP contribution < -0.4 is 4.90 Å². The van der Waals surface area contributed by atoms with E-state index in [-0.39, 0.29) is 29.6 Å². The second-order valence-corrected chi connectivity index (χ2v) is 10.1. The summed E-state index contributed by atoms with van der Waals surface area (Å²) in [6, 6.07) is 5.39. The Bertz CT molecular complexity index is 975. The standard InChI is InChI=1S/C25H31F3N4O2/c1-30(2)24(34)21-15-32(19-6-5-18(13-29)22(12-19)25(26,27)28)14-20(21)17-7-9-31(10-8-17)23(33)11-16-3-4-16/h5-6,12,16-17,20-21H,3-4,7-11,14-15H2,1-2H3/t20-,21+/m0/s1. The van der Waals surface area contributed by atoms with Crippen LogP contribution in [0.4, 0.5) is 18.9 Å². The molecule has 0 N–H and O–H groups in total. The van der Waals surface area contributed by atoms with Gasteiger partial charge in [0.15, 0.2) is 0 Å². The predicted molar refractivity (Wildman–Crippen MR) is 121 cm³/mol. The number of hydrogen-bond acceptors (Lipinski definition) is 4. The van der Waals surface area contributed by atoms with Crippen molar-refractivity contribution in [2.75, 3.05) is 45.2 Å². The SMILES string of the molecule is CN(C)C(=O)[C@@H]1CN(c2ccc(C#N)c(C(F)(F)F)c2)C[C@H]1C1CCN(C(=O)CC2CC2)CC1. The second kappa shape index (κ2) is 9.47. The summed E-state index contributed by atoms with van der Waals surface area (Å²) in [6.45, 7) is 2.16. The number of carbonyl (C=O) groups excluding carboxylic acids is 2. The fourth-order valence-corrected chi connectivity index (χ4v) is 5.45. The summed E-state index contributed by atoms with van der Waals surface area (Å²) in [7, 11) is 3.40. The van der Waals surface area contributed by atoms with E-state index in [4.69, 9.17) is 5.26 Å². The van der Waals surface area contributed by atoms with Gasteiger partial charge >= 0.3 is 6.18 Å². The lowest BCUT2D eigenvalue weighted by Crippen LogP contribution is -2.43. The van der Waals surface area contributed by atoms with Gasteiger partial charge in [-0.25, -0.2) is 0 Å². The fourth-order valence-electron chi connectivity index (χ4n) is 5.45. The van der Waals surface area contributed by atoms with Crippen molar-refractivity contribution in [3.63, 3.8) is 0 Å². The summed E-state index contributed by atoms with van der Waals surface area (Å²) in [5.41, 5.74) is -0.979. The van der Waals surface area contributed by atoms with Crippen LogP contribution in [0.3, 0.4) is 0 Å². The van der Waals surface area contributed by atoms with Gasteiger partial charge in [0.1, 0.15) is 0 Å². The van der Waals surface area contributed by atoms with E-state index < -0.39 is 17.3 Å². The van der Waals surface area contributed by atoms with Crippen molar-refractivity contribution in [1.82, 2.24) is 9.80 Å². The molecule has 184 valence electrons. The molecule has 2 aliphatic heterocycles. The molecule has 2 heterocycles. The van der Waals surface area contributed by atoms with Crippen molar-refractivity contribution in [2.45, 2.75) is 38.3 Å². The minimum atomic E-state index is -4.63. The first kappa shape index (κ1) is 24.4. The number of anilines is 1. The third-order valence-corrected chi connectivity index (χ3v) is 7.58. The molecule has 6 nitrogen and oxygen atoms in total. The lowest BCUT2D eigenvalue weighted by molar-refractivity contribution is -0.138. The van der Waals surface area contributed by atoms with E-state index >= 15 is 0 Å². The molecule has 0 spiro atoms. The van der Waals surface area contributed by atoms with Crippen molar-refractivity contribution in [2.24, 2.45) is 23.7 Å². The molecule has 0 unspecified atom stereocenters. The first-order valence-corrected chi connectivity index (χ1v) is 11.9. The Morgan fingerprint density at radius 1 is 1.12 bits per heavy atom. The highest BCUT2D eigenvalue weighted by molar-refractivity contribution is 5.80. The number of benzene rings is 1. The van der Waals surface area contributed by atoms with Crippen molar-refractivity contribution in [3.8, 4) is 6.07 Å². The van der Waals surface area contributed by atoms with Gasteiger partial charge in [0.2, 0.25) is 11.8 Å². The highest BCUT2D eigenvalue weighted by Crippen LogP contribution is 2.41. The summed E-state index contributed by atoms with van der Waals surface area (Å²) >= 11 is 0. The summed E-state index contributed by atoms with van der Waals surface area (Å²) in [4.78, 5) is 30.8. The van der Waals surface area contributed by atoms with Crippen LogP contribution in [0.15, 0.2) is 18.2 Å². The Balaban J connectivity index is 1.51. The summed E-state index contributed by atoms with van der Waals surface area (Å²) in [6.07, 6.45) is -0.122. The van der Waals surface area contributed by atoms with Gasteiger partial charge in [-0.3, -0.25) is 9.59 Å². The van der Waals surface area contributed by atoms with E-state index in [0.29, 0.717) is 44.2 Å². The van der Waals surface area contributed by atoms with Gasteiger partial charge in [-0.1, -0.05) is 0 Å². The zero-order valence-corrected chi connectivity index (χ0v) is 19.6. The van der Waals surface area contributed by atoms with Gasteiger partial charge in [-0.05, 0) is 61.6 Å². The number of rotatable bonds is 5. The van der Waals surface area contributed by atoms with Crippen molar-refractivity contribution >= 4 is 17.5 Å². The minimum Gasteiger partial charge on any atom is -0.370 e. The molecule has 0 bridgehead atoms. The van der Waals surface area contributed by atoms with Crippen LogP contribution in [-0.2, 0) is 15.8 Å². The zero-order valence-electron chi connectivity index (χ0n) is 19.6. The van der Waals surface area contributed by atoms with Crippen LogP contribution in [0.2, 0.25) is 0 Å². The number of hydrogen-bond donors (Lipinski definition) is 0. The summed E-state index contributed by atoms with van der Waals surface area (Å²) in [5.74, 6) is 0.643. The predicted octanol–water partition coefficient (Wildman–Crippen LogP) is 3.76. The maximum atomic E-state index is 13.5. The number of nitrogens with zero attached hydrogens (tertiary/aromatic N) is 4. The normalized spacial score (nSPS) is 23.6. The van der Waals surface area contributed by atoms with E-state index in [0.717, 1.165) is 31.7 Å². The first-order chi connectivity index (χ1) is 16.1. The molecule has 3 aliphatic rings. The molecule has 1 aliphatic carbocycles. The molecule has 1 saturated carbocycles. The van der Waals surface area contributed by atoms with Crippen LogP contribution in [0, 0.1) is 35.0 Å². The van der Waals surface area contributed by atoms with Gasteiger partial charge in [-0.15, -0.1) is 0 Å². The van der Waals surface area contributed by atoms with Crippen molar-refractivity contribution in [1.29, 1.82) is 5.26 Å². The molecule has 0 aromatic heterocycles. The number of likely N-dealkylation sites (tertiary alicyclic amines) is 1. The third-order valence-electron chi connectivity index (χ3n) is 7.58. The largest absolute Gasteiger partial charge is 0.417 e. The molecule has 2 amide bonds. The van der Waals surface area contributed by atoms with Gasteiger partial charge in [0.25, 0.3) is 0 Å². The molecular formula is C25H31F3N4O2. The van der Waals surface area contributed by atoms with Gasteiger partial charge < -0.3 is 14.7 Å². The number of amides is 2. The minimum absolute atomic E-state index is 0.000522. The monoisotopic (exact) mass is 476 g/mol. The highest BCUT2D eigenvalue weighted by atomic mass is 19.4. The van der Waals surface area contributed by atoms with E-state index in [1.165, 1.54) is 12.1 Å². The number of piperidine rings is 1. The Morgan fingerprint density at radius 3 is 2.35 bits per heavy atom. The molecule has 9 heteroatoms. The van der Waals surface area contributed by atoms with Crippen LogP contribution in [-0.4, -0.2) is 61.9 Å². The van der Waals surface area contributed by atoms with Crippen molar-refractivity contribution < 1.29 is 22.8 Å². The Kier molecular flexibility index (Phi) is 6.79. The van der Waals surface area contributed by atoms with Crippen LogP contribution in [0.5, 0.6) is 0 Å². The van der Waals surface area contributed by atoms with Gasteiger partial charge in [-0.2, -0.15) is 18.4 Å². The second-order valence-electron chi connectivity index (χ2n) is 10.1. The molecular weight excluding hydrogens is 445 g/mol. The van der Waals surface area contributed by atoms with Crippen LogP contribution >= 0.6 is 0 Å². The van der Waals surface area contributed by atoms with Crippen molar-refractivity contribution in [3.05, 3.63) is 29.3 Å². The lowest BCUT2D eigenvalue weighted by Gasteiger charge is -2.36. The van der Waals surface area contributed by atoms with Gasteiger partial charge in [0, 0.05) is 52.4 Å². The summed E-state index contributed by atoms with van der Waals surface area (Å²) in [5, 5.41) is 9.10. The molecule has 4 rings (SSSR count). The highest BCUT2D eigenvalue weighted by Gasteiger charge is 2.44. The average Bonchev–Trinajstić information content (AvgIpc) is 3.51. The zero-order chi connectivity index (χ0) is 24.6. The Labute approximate surface area is 198 Å². The van der Waals surface area contributed by atoms with E-state index in [2.05, 4.69) is 0 Å². The van der Waals surface area contributed by atoms with Crippen LogP contribution in [0.1, 0.15) is 43.2 Å². The number of carbonyl (C=O) groups is 2. The first-order valence-electron chi connectivity index (χ1n) is 11.9. The van der Waals surface area contributed by atoms with E-state index in [9.17, 15) is 22.8 Å². The molecule has 1 aromatic carbocycles. The Hall–Kier alpha value is -2.76. The van der Waals surface area contributed by atoms with E-state index in [1.807, 2.05) is 9.80 Å². The van der Waals surface area contributed by atoms with E-state index in [1.54, 1.807) is 25.1 Å². The molecule has 1 aromatic rings. The van der Waals surface area contributed by atoms with Crippen LogP contribution in [0.25, 0.3) is 0 Å². The molecule has 0 radical (unpaired) electrons. The molecule has 3 fully saturated rings. The number of halogens is 3. The number of alkyl halides is 3. The Morgan fingerprint density at radius 2 is 1.79 bits per heavy atom. The fraction of sp³-hybridized carbons (Fsp3) is 0.640. The molecule has 34 heavy (non-hydrogen) atoms. The smallest absolute Gasteiger partial charge is 0.370 e. The number of nitriles is 1. The molecule has 2 saturated heterocycles. The lowest BCUT2D eigenvalue weighted by atomic mass is 9.78. The molecule has 2 atom stereocenters. The maximum absolute atomic E-state index is 13.5. The van der Waals surface area contributed by atoms with Gasteiger partial charge in [0.05, 0.1) is 23.1 Å². The average molecular weight is 477 g/mol. The third kappa shape index (κ3) is 5.16.